The van der Waals surface area contributed by atoms with Gasteiger partial charge in [-0.3, -0.25) is 4.79 Å². The van der Waals surface area contributed by atoms with Crippen LogP contribution in [0.1, 0.15) is 84.1 Å². The van der Waals surface area contributed by atoms with Crippen LogP contribution in [-0.2, 0) is 20.9 Å². The van der Waals surface area contributed by atoms with E-state index >= 15 is 0 Å². The Morgan fingerprint density at radius 3 is 2.30 bits per heavy atom. The predicted molar refractivity (Wildman–Crippen MR) is 144 cm³/mol. The Bertz CT molecular complexity index is 1010. The van der Waals surface area contributed by atoms with Crippen molar-refractivity contribution < 1.29 is 37.8 Å². The molecule has 0 spiro atoms. The molecule has 1 saturated carbocycles. The minimum atomic E-state index is -1.23. The Hall–Kier alpha value is -3.44. The summed E-state index contributed by atoms with van der Waals surface area (Å²) in [4.78, 5) is 49.2. The monoisotopic (exact) mass is 568 g/mol. The molecule has 1 aromatic rings. The van der Waals surface area contributed by atoms with E-state index in [4.69, 9.17) is 4.74 Å². The van der Waals surface area contributed by atoms with E-state index in [2.05, 4.69) is 21.3 Å². The van der Waals surface area contributed by atoms with Crippen molar-refractivity contribution in [2.24, 2.45) is 5.92 Å². The van der Waals surface area contributed by atoms with Crippen LogP contribution in [0.3, 0.4) is 0 Å². The number of alkyl carbamates (subject to hydrolysis) is 1. The maximum absolute atomic E-state index is 14.0. The summed E-state index contributed by atoms with van der Waals surface area (Å²) in [5, 5.41) is 19.8. The van der Waals surface area contributed by atoms with E-state index in [1.54, 1.807) is 20.8 Å². The summed E-state index contributed by atoms with van der Waals surface area (Å²) in [6.07, 6.45) is 5.76. The lowest BCUT2D eigenvalue weighted by molar-refractivity contribution is -0.139. The van der Waals surface area contributed by atoms with Gasteiger partial charge in [-0.1, -0.05) is 38.2 Å². The van der Waals surface area contributed by atoms with E-state index in [-0.39, 0.29) is 31.0 Å². The number of amides is 4. The number of carboxylic acids is 1. The predicted octanol–water partition coefficient (Wildman–Crippen LogP) is 4.37. The van der Waals surface area contributed by atoms with Crippen LogP contribution in [0.5, 0.6) is 0 Å². The molecule has 1 aliphatic rings. The van der Waals surface area contributed by atoms with Crippen LogP contribution in [-0.4, -0.2) is 53.3 Å². The third kappa shape index (κ3) is 12.6. The van der Waals surface area contributed by atoms with Crippen molar-refractivity contribution in [1.82, 2.24) is 21.3 Å². The lowest BCUT2D eigenvalue weighted by atomic mass is 9.84. The Labute approximate surface area is 234 Å². The van der Waals surface area contributed by atoms with Crippen LogP contribution in [0.15, 0.2) is 18.2 Å². The average Bonchev–Trinajstić information content (AvgIpc) is 2.86. The zero-order valence-electron chi connectivity index (χ0n) is 23.5. The van der Waals surface area contributed by atoms with Crippen molar-refractivity contribution >= 4 is 24.0 Å². The molecule has 40 heavy (non-hydrogen) atoms. The lowest BCUT2D eigenvalue weighted by Crippen LogP contribution is -2.53. The molecule has 12 heteroatoms. The molecule has 2 atom stereocenters. The minimum absolute atomic E-state index is 0.0997. The smallest absolute Gasteiger partial charge is 0.407 e. The number of hydrogen-bond acceptors (Lipinski definition) is 5. The van der Waals surface area contributed by atoms with Gasteiger partial charge >= 0.3 is 18.1 Å². The summed E-state index contributed by atoms with van der Waals surface area (Å²) < 4.78 is 32.3. The van der Waals surface area contributed by atoms with Gasteiger partial charge in [0.05, 0.1) is 0 Å². The maximum Gasteiger partial charge on any atom is 0.407 e. The Morgan fingerprint density at radius 1 is 1.00 bits per heavy atom. The summed E-state index contributed by atoms with van der Waals surface area (Å²) in [5.41, 5.74) is -0.527. The zero-order chi connectivity index (χ0) is 29.7. The minimum Gasteiger partial charge on any atom is -0.480 e. The normalized spacial score (nSPS) is 15.4. The fourth-order valence-corrected chi connectivity index (χ4v) is 4.55. The summed E-state index contributed by atoms with van der Waals surface area (Å²) in [6.45, 7) is 5.33. The molecule has 224 valence electrons. The topological polar surface area (TPSA) is 146 Å². The number of carbonyl (C=O) groups is 4. The Kier molecular flexibility index (Phi) is 13.1. The van der Waals surface area contributed by atoms with Gasteiger partial charge in [-0.2, -0.15) is 0 Å². The zero-order valence-corrected chi connectivity index (χ0v) is 23.5. The van der Waals surface area contributed by atoms with Gasteiger partial charge < -0.3 is 31.1 Å². The second-order valence-electron chi connectivity index (χ2n) is 11.2. The van der Waals surface area contributed by atoms with Gasteiger partial charge in [0.2, 0.25) is 5.91 Å². The van der Waals surface area contributed by atoms with Crippen LogP contribution >= 0.6 is 0 Å². The average molecular weight is 569 g/mol. The Morgan fingerprint density at radius 2 is 1.68 bits per heavy atom. The molecule has 0 aliphatic heterocycles. The van der Waals surface area contributed by atoms with Crippen LogP contribution in [0.4, 0.5) is 18.4 Å². The van der Waals surface area contributed by atoms with Crippen LogP contribution in [0, 0.1) is 17.6 Å². The molecule has 2 rings (SSSR count). The number of rotatable bonds is 13. The third-order valence-corrected chi connectivity index (χ3v) is 6.57. The fraction of sp³-hybridized carbons (Fsp3) is 0.643. The second-order valence-corrected chi connectivity index (χ2v) is 11.2. The molecule has 0 bridgehead atoms. The number of unbranched alkanes of at least 4 members (excludes halogenated alkanes) is 1. The number of benzene rings is 1. The van der Waals surface area contributed by atoms with E-state index < -0.39 is 53.3 Å². The molecule has 1 unspecified atom stereocenters. The quantitative estimate of drug-likeness (QED) is 0.224. The number of ether oxygens (including phenoxy) is 1. The molecule has 10 nitrogen and oxygen atoms in total. The van der Waals surface area contributed by atoms with Gasteiger partial charge in [0, 0.05) is 24.7 Å². The number of nitrogens with one attached hydrogen (secondary N) is 4. The number of carboxylic acid groups (broad SMARTS) is 1. The molecular weight excluding hydrogens is 526 g/mol. The van der Waals surface area contributed by atoms with Gasteiger partial charge in [-0.05, 0) is 58.4 Å². The largest absolute Gasteiger partial charge is 0.480 e. The van der Waals surface area contributed by atoms with Gasteiger partial charge in [0.15, 0.2) is 0 Å². The van der Waals surface area contributed by atoms with Crippen molar-refractivity contribution in [3.63, 3.8) is 0 Å². The highest BCUT2D eigenvalue weighted by atomic mass is 19.1. The van der Waals surface area contributed by atoms with Gasteiger partial charge in [0.25, 0.3) is 0 Å². The van der Waals surface area contributed by atoms with E-state index in [1.165, 1.54) is 6.07 Å². The number of hydrogen-bond donors (Lipinski definition) is 5. The van der Waals surface area contributed by atoms with Crippen molar-refractivity contribution in [3.8, 4) is 0 Å². The first kappa shape index (κ1) is 32.8. The van der Waals surface area contributed by atoms with Gasteiger partial charge in [-0.25, -0.2) is 23.2 Å². The van der Waals surface area contributed by atoms with E-state index in [0.29, 0.717) is 19.3 Å². The van der Waals surface area contributed by atoms with Crippen molar-refractivity contribution in [2.45, 2.75) is 103 Å². The van der Waals surface area contributed by atoms with E-state index in [0.717, 1.165) is 44.2 Å². The van der Waals surface area contributed by atoms with Crippen LogP contribution in [0.2, 0.25) is 0 Å². The molecule has 1 aliphatic carbocycles. The molecule has 0 aromatic heterocycles. The van der Waals surface area contributed by atoms with Crippen molar-refractivity contribution in [1.29, 1.82) is 0 Å². The van der Waals surface area contributed by atoms with Crippen LogP contribution in [0.25, 0.3) is 0 Å². The third-order valence-electron chi connectivity index (χ3n) is 6.57. The molecule has 1 aromatic carbocycles. The summed E-state index contributed by atoms with van der Waals surface area (Å²) in [7, 11) is 0. The van der Waals surface area contributed by atoms with E-state index in [1.807, 2.05) is 0 Å². The lowest BCUT2D eigenvalue weighted by Gasteiger charge is -2.27. The van der Waals surface area contributed by atoms with Crippen molar-refractivity contribution in [3.05, 3.63) is 35.4 Å². The molecule has 0 heterocycles. The summed E-state index contributed by atoms with van der Waals surface area (Å²) in [6, 6.07) is 0.0965. The van der Waals surface area contributed by atoms with Crippen molar-refractivity contribution in [2.75, 3.05) is 6.54 Å². The number of aliphatic carboxylic acids is 1. The number of halogens is 2. The molecule has 4 amide bonds. The highest BCUT2D eigenvalue weighted by Gasteiger charge is 2.28. The van der Waals surface area contributed by atoms with Gasteiger partial charge in [-0.15, -0.1) is 0 Å². The van der Waals surface area contributed by atoms with Crippen LogP contribution < -0.4 is 21.3 Å². The Balaban J connectivity index is 1.90. The summed E-state index contributed by atoms with van der Waals surface area (Å²) >= 11 is 0. The highest BCUT2D eigenvalue weighted by molar-refractivity contribution is 5.88. The first-order chi connectivity index (χ1) is 18.8. The molecule has 0 radical (unpaired) electrons. The number of urea groups is 1. The standard InChI is InChI=1S/C28H42F2N4O6/c1-28(2,3)40-27(39)31-14-8-7-11-22(25(36)37)33-26(38)34-23(15-18-9-5-4-6-10-18)24(35)32-17-19-12-13-20(29)16-21(19)30/h12-13,16,18,22-23H,4-11,14-15,17H2,1-3H3,(H,31,39)(H,32,35)(H,36,37)(H2,33,34,38)/t22?,23-/m1/s1. The van der Waals surface area contributed by atoms with Gasteiger partial charge in [0.1, 0.15) is 29.3 Å². The molecular formula is C28H42F2N4O6. The second kappa shape index (κ2) is 16.0. The summed E-state index contributed by atoms with van der Waals surface area (Å²) in [5.74, 6) is -3.08. The number of carbonyl (C=O) groups excluding carboxylic acids is 3. The highest BCUT2D eigenvalue weighted by Crippen LogP contribution is 2.27. The molecule has 1 fully saturated rings. The SMILES string of the molecule is CC(C)(C)OC(=O)NCCCCC(NC(=O)N[C@H](CC1CCCCC1)C(=O)NCc1ccc(F)cc1F)C(=O)O. The molecule has 5 N–H and O–H groups in total. The van der Waals surface area contributed by atoms with E-state index in [9.17, 15) is 33.1 Å². The first-order valence-corrected chi connectivity index (χ1v) is 13.8. The fourth-order valence-electron chi connectivity index (χ4n) is 4.55. The maximum atomic E-state index is 14.0. The first-order valence-electron chi connectivity index (χ1n) is 13.8. The molecule has 0 saturated heterocycles.